The topological polar surface area (TPSA) is 56.7 Å². The number of hydrogen-bond acceptors (Lipinski definition) is 2. The minimum atomic E-state index is -4.39. The van der Waals surface area contributed by atoms with Gasteiger partial charge in [-0.1, -0.05) is 18.2 Å². The van der Waals surface area contributed by atoms with Crippen LogP contribution in [-0.2, 0) is 25.9 Å². The normalized spacial score (nSPS) is 12.1. The molecular weight excluding hydrogens is 362 g/mol. The predicted octanol–water partition coefficient (Wildman–Crippen LogP) is 3.59. The van der Waals surface area contributed by atoms with Crippen molar-refractivity contribution >= 4 is 5.96 Å². The van der Waals surface area contributed by atoms with Crippen LogP contribution >= 0.6 is 0 Å². The molecular formula is C19H21F4N3O. The van der Waals surface area contributed by atoms with E-state index in [4.69, 9.17) is 5.11 Å². The average molecular weight is 383 g/mol. The predicted molar refractivity (Wildman–Crippen MR) is 95.4 cm³/mol. The summed E-state index contributed by atoms with van der Waals surface area (Å²) in [6.07, 6.45) is -4.39. The molecule has 4 nitrogen and oxygen atoms in total. The van der Waals surface area contributed by atoms with Crippen molar-refractivity contribution in [2.75, 3.05) is 6.54 Å². The first kappa shape index (κ1) is 20.7. The molecule has 0 aliphatic carbocycles. The highest BCUT2D eigenvalue weighted by atomic mass is 19.4. The van der Waals surface area contributed by atoms with Gasteiger partial charge in [0.1, 0.15) is 5.82 Å². The van der Waals surface area contributed by atoms with Gasteiger partial charge in [0, 0.05) is 18.7 Å². The second kappa shape index (κ2) is 9.36. The highest BCUT2D eigenvalue weighted by Gasteiger charge is 2.30. The Bertz CT molecular complexity index is 791. The molecule has 0 spiro atoms. The van der Waals surface area contributed by atoms with Gasteiger partial charge in [-0.3, -0.25) is 0 Å². The SMILES string of the molecule is CCNC(=NCc1cccc(C(F)(F)F)c1)NCc1ccc(F)c(CO)c1. The van der Waals surface area contributed by atoms with Crippen LogP contribution in [0.5, 0.6) is 0 Å². The van der Waals surface area contributed by atoms with Crippen molar-refractivity contribution < 1.29 is 22.7 Å². The van der Waals surface area contributed by atoms with Crippen molar-refractivity contribution in [2.45, 2.75) is 32.8 Å². The summed E-state index contributed by atoms with van der Waals surface area (Å²) in [6.45, 7) is 2.43. The Morgan fingerprint density at radius 2 is 1.85 bits per heavy atom. The standard InChI is InChI=1S/C19H21F4N3O/c1-2-24-18(26-11-14-6-7-17(20)15(8-14)12-27)25-10-13-4-3-5-16(9-13)19(21,22)23/h3-9,27H,2,10-12H2,1H3,(H2,24,25,26). The van der Waals surface area contributed by atoms with E-state index < -0.39 is 24.2 Å². The van der Waals surface area contributed by atoms with E-state index in [1.54, 1.807) is 18.2 Å². The molecule has 0 fully saturated rings. The summed E-state index contributed by atoms with van der Waals surface area (Å²) in [5, 5.41) is 15.2. The van der Waals surface area contributed by atoms with Crippen LogP contribution in [-0.4, -0.2) is 17.6 Å². The second-order valence-electron chi connectivity index (χ2n) is 5.83. The molecule has 2 aromatic carbocycles. The van der Waals surface area contributed by atoms with Crippen molar-refractivity contribution in [3.05, 3.63) is 70.5 Å². The molecule has 0 amide bonds. The van der Waals surface area contributed by atoms with Crippen LogP contribution in [0.15, 0.2) is 47.5 Å². The summed E-state index contributed by atoms with van der Waals surface area (Å²) < 4.78 is 51.8. The summed E-state index contributed by atoms with van der Waals surface area (Å²) in [6, 6.07) is 9.41. The van der Waals surface area contributed by atoms with E-state index in [9.17, 15) is 17.6 Å². The molecule has 0 aliphatic heterocycles. The van der Waals surface area contributed by atoms with Crippen molar-refractivity contribution in [1.29, 1.82) is 0 Å². The van der Waals surface area contributed by atoms with Gasteiger partial charge in [0.15, 0.2) is 5.96 Å². The smallest absolute Gasteiger partial charge is 0.392 e. The lowest BCUT2D eigenvalue weighted by molar-refractivity contribution is -0.137. The van der Waals surface area contributed by atoms with Gasteiger partial charge in [0.25, 0.3) is 0 Å². The maximum absolute atomic E-state index is 13.4. The molecule has 2 aromatic rings. The first-order valence-electron chi connectivity index (χ1n) is 8.40. The number of rotatable bonds is 6. The number of aliphatic hydroxyl groups excluding tert-OH is 1. The minimum absolute atomic E-state index is 0.0740. The number of benzene rings is 2. The van der Waals surface area contributed by atoms with Crippen LogP contribution < -0.4 is 10.6 Å². The van der Waals surface area contributed by atoms with E-state index in [1.807, 2.05) is 6.92 Å². The summed E-state index contributed by atoms with van der Waals surface area (Å²) in [5.41, 5.74) is 0.660. The molecule has 0 unspecified atom stereocenters. The molecule has 0 saturated carbocycles. The summed E-state index contributed by atoms with van der Waals surface area (Å²) in [5.74, 6) is -0.0591. The Labute approximate surface area is 154 Å². The summed E-state index contributed by atoms with van der Waals surface area (Å²) in [7, 11) is 0. The lowest BCUT2D eigenvalue weighted by Gasteiger charge is -2.12. The molecule has 146 valence electrons. The van der Waals surface area contributed by atoms with E-state index in [2.05, 4.69) is 15.6 Å². The van der Waals surface area contributed by atoms with E-state index in [1.165, 1.54) is 12.1 Å². The van der Waals surface area contributed by atoms with Crippen molar-refractivity contribution in [3.63, 3.8) is 0 Å². The van der Waals surface area contributed by atoms with Crippen molar-refractivity contribution in [3.8, 4) is 0 Å². The van der Waals surface area contributed by atoms with E-state index in [-0.39, 0.29) is 12.1 Å². The van der Waals surface area contributed by atoms with Gasteiger partial charge in [-0.05, 0) is 42.3 Å². The largest absolute Gasteiger partial charge is 0.416 e. The van der Waals surface area contributed by atoms with Gasteiger partial charge in [-0.25, -0.2) is 9.38 Å². The van der Waals surface area contributed by atoms with Crippen LogP contribution in [0.1, 0.15) is 29.2 Å². The van der Waals surface area contributed by atoms with Crippen LogP contribution in [0.2, 0.25) is 0 Å². The van der Waals surface area contributed by atoms with Crippen LogP contribution in [0, 0.1) is 5.82 Å². The van der Waals surface area contributed by atoms with Gasteiger partial charge in [0.2, 0.25) is 0 Å². The fourth-order valence-corrected chi connectivity index (χ4v) is 2.40. The zero-order valence-corrected chi connectivity index (χ0v) is 14.8. The third-order valence-electron chi connectivity index (χ3n) is 3.76. The van der Waals surface area contributed by atoms with Crippen molar-refractivity contribution in [1.82, 2.24) is 10.6 Å². The maximum atomic E-state index is 13.4. The summed E-state index contributed by atoms with van der Waals surface area (Å²) >= 11 is 0. The van der Waals surface area contributed by atoms with Gasteiger partial charge >= 0.3 is 6.18 Å². The van der Waals surface area contributed by atoms with Gasteiger partial charge < -0.3 is 15.7 Å². The van der Waals surface area contributed by atoms with Crippen LogP contribution in [0.3, 0.4) is 0 Å². The molecule has 0 aromatic heterocycles. The quantitative estimate of drug-likeness (QED) is 0.406. The number of aliphatic imine (C=N–C) groups is 1. The minimum Gasteiger partial charge on any atom is -0.392 e. The van der Waals surface area contributed by atoms with E-state index in [0.29, 0.717) is 24.6 Å². The number of alkyl halides is 3. The van der Waals surface area contributed by atoms with Crippen molar-refractivity contribution in [2.24, 2.45) is 4.99 Å². The molecule has 3 N–H and O–H groups in total. The monoisotopic (exact) mass is 383 g/mol. The number of nitrogens with one attached hydrogen (secondary N) is 2. The fourth-order valence-electron chi connectivity index (χ4n) is 2.40. The zero-order chi connectivity index (χ0) is 19.9. The Hall–Kier alpha value is -2.61. The Morgan fingerprint density at radius 1 is 1.07 bits per heavy atom. The number of nitrogens with zero attached hydrogens (tertiary/aromatic N) is 1. The van der Waals surface area contributed by atoms with Gasteiger partial charge in [-0.15, -0.1) is 0 Å². The number of hydrogen-bond donors (Lipinski definition) is 3. The zero-order valence-electron chi connectivity index (χ0n) is 14.8. The molecule has 0 radical (unpaired) electrons. The summed E-state index contributed by atoms with van der Waals surface area (Å²) in [4.78, 5) is 4.29. The number of halogens is 4. The highest BCUT2D eigenvalue weighted by Crippen LogP contribution is 2.29. The van der Waals surface area contributed by atoms with Crippen LogP contribution in [0.25, 0.3) is 0 Å². The van der Waals surface area contributed by atoms with Gasteiger partial charge in [0.05, 0.1) is 18.7 Å². The first-order valence-corrected chi connectivity index (χ1v) is 8.40. The first-order chi connectivity index (χ1) is 12.8. The van der Waals surface area contributed by atoms with E-state index in [0.717, 1.165) is 17.7 Å². The van der Waals surface area contributed by atoms with E-state index >= 15 is 0 Å². The average Bonchev–Trinajstić information content (AvgIpc) is 2.64. The number of guanidine groups is 1. The molecule has 0 aliphatic rings. The molecule has 27 heavy (non-hydrogen) atoms. The lowest BCUT2D eigenvalue weighted by Crippen LogP contribution is -2.36. The third kappa shape index (κ3) is 6.25. The molecule has 8 heteroatoms. The second-order valence-corrected chi connectivity index (χ2v) is 5.83. The number of aliphatic hydroxyl groups is 1. The van der Waals surface area contributed by atoms with Crippen LogP contribution in [0.4, 0.5) is 17.6 Å². The highest BCUT2D eigenvalue weighted by molar-refractivity contribution is 5.79. The Balaban J connectivity index is 2.06. The molecule has 0 bridgehead atoms. The molecule has 0 heterocycles. The fraction of sp³-hybridized carbons (Fsp3) is 0.316. The maximum Gasteiger partial charge on any atom is 0.416 e. The Morgan fingerprint density at radius 3 is 2.52 bits per heavy atom. The Kier molecular flexibility index (Phi) is 7.18. The molecule has 2 rings (SSSR count). The molecule has 0 saturated heterocycles. The third-order valence-corrected chi connectivity index (χ3v) is 3.76. The van der Waals surface area contributed by atoms with Gasteiger partial charge in [-0.2, -0.15) is 13.2 Å². The molecule has 0 atom stereocenters. The lowest BCUT2D eigenvalue weighted by atomic mass is 10.1.